The standard InChI is InChI=1S/C16H26N5O/c1-12-4-5-14-15(17)16(19-20(14)13(12)2)18-6-7-21(3)8-10-22-11-9-21/h4-5H,6-11,17H2,1-3H3,(H,18,19)/q+1. The van der Waals surface area contributed by atoms with Crippen LogP contribution in [0, 0.1) is 13.8 Å². The number of morpholine rings is 1. The molecule has 0 aromatic carbocycles. The molecule has 1 aliphatic rings. The number of ether oxygens (including phenoxy) is 1. The summed E-state index contributed by atoms with van der Waals surface area (Å²) in [6, 6.07) is 4.12. The van der Waals surface area contributed by atoms with Gasteiger partial charge in [0.1, 0.15) is 18.8 Å². The van der Waals surface area contributed by atoms with Crippen molar-refractivity contribution in [2.24, 2.45) is 0 Å². The van der Waals surface area contributed by atoms with E-state index in [9.17, 15) is 0 Å². The normalized spacial score (nSPS) is 17.8. The van der Waals surface area contributed by atoms with Crippen LogP contribution in [0.1, 0.15) is 11.3 Å². The van der Waals surface area contributed by atoms with E-state index in [1.807, 2.05) is 10.6 Å². The molecule has 0 spiro atoms. The van der Waals surface area contributed by atoms with Crippen LogP contribution >= 0.6 is 0 Å². The fraction of sp³-hybridized carbons (Fsp3) is 0.562. The first kappa shape index (κ1) is 15.1. The number of nitrogens with two attached hydrogens (primary N) is 1. The van der Waals surface area contributed by atoms with Crippen LogP contribution in [0.25, 0.3) is 5.52 Å². The number of fused-ring (bicyclic) bond motifs is 1. The topological polar surface area (TPSA) is 64.6 Å². The van der Waals surface area contributed by atoms with Crippen molar-refractivity contribution in [1.29, 1.82) is 0 Å². The molecule has 0 aliphatic carbocycles. The Bertz CT molecular complexity index is 673. The first-order valence-corrected chi connectivity index (χ1v) is 7.90. The van der Waals surface area contributed by atoms with Gasteiger partial charge in [-0.15, -0.1) is 5.10 Å². The smallest absolute Gasteiger partial charge is 0.172 e. The highest BCUT2D eigenvalue weighted by atomic mass is 16.5. The summed E-state index contributed by atoms with van der Waals surface area (Å²) in [6.07, 6.45) is 0. The lowest BCUT2D eigenvalue weighted by Crippen LogP contribution is -2.53. The number of quaternary nitrogens is 1. The van der Waals surface area contributed by atoms with Crippen molar-refractivity contribution in [1.82, 2.24) is 9.61 Å². The zero-order chi connectivity index (χ0) is 15.7. The van der Waals surface area contributed by atoms with E-state index in [4.69, 9.17) is 10.5 Å². The first-order valence-electron chi connectivity index (χ1n) is 7.90. The van der Waals surface area contributed by atoms with Crippen molar-refractivity contribution < 1.29 is 9.22 Å². The molecular weight excluding hydrogens is 278 g/mol. The minimum absolute atomic E-state index is 0.729. The molecule has 0 unspecified atom stereocenters. The Hall–Kier alpha value is -1.79. The lowest BCUT2D eigenvalue weighted by molar-refractivity contribution is -0.915. The number of anilines is 2. The second-order valence-corrected chi connectivity index (χ2v) is 6.49. The van der Waals surface area contributed by atoms with Gasteiger partial charge in [0.05, 0.1) is 38.9 Å². The Morgan fingerprint density at radius 2 is 2.05 bits per heavy atom. The Morgan fingerprint density at radius 3 is 2.77 bits per heavy atom. The van der Waals surface area contributed by atoms with Gasteiger partial charge in [-0.05, 0) is 25.5 Å². The van der Waals surface area contributed by atoms with E-state index in [2.05, 4.69) is 37.4 Å². The molecule has 0 radical (unpaired) electrons. The van der Waals surface area contributed by atoms with Gasteiger partial charge >= 0.3 is 0 Å². The van der Waals surface area contributed by atoms with Crippen LogP contribution in [0.2, 0.25) is 0 Å². The quantitative estimate of drug-likeness (QED) is 0.839. The van der Waals surface area contributed by atoms with Crippen molar-refractivity contribution in [2.45, 2.75) is 13.8 Å². The number of nitrogens with zero attached hydrogens (tertiary/aromatic N) is 3. The Balaban J connectivity index is 1.71. The van der Waals surface area contributed by atoms with E-state index in [1.165, 1.54) is 5.56 Å². The molecule has 1 saturated heterocycles. The van der Waals surface area contributed by atoms with Crippen LogP contribution in [0.5, 0.6) is 0 Å². The zero-order valence-corrected chi connectivity index (χ0v) is 13.7. The molecule has 0 saturated carbocycles. The third-order valence-corrected chi connectivity index (χ3v) is 4.83. The minimum Gasteiger partial charge on any atom is -0.394 e. The SMILES string of the molecule is Cc1ccc2c(N)c(NCC[N+]3(C)CCOCC3)nn2c1C. The summed E-state index contributed by atoms with van der Waals surface area (Å²) >= 11 is 0. The average molecular weight is 304 g/mol. The van der Waals surface area contributed by atoms with Gasteiger partial charge < -0.3 is 20.3 Å². The second kappa shape index (κ2) is 5.78. The van der Waals surface area contributed by atoms with E-state index in [0.717, 1.165) is 66.6 Å². The van der Waals surface area contributed by atoms with Gasteiger partial charge in [0.2, 0.25) is 0 Å². The van der Waals surface area contributed by atoms with Crippen molar-refractivity contribution in [3.63, 3.8) is 0 Å². The fourth-order valence-electron chi connectivity index (χ4n) is 2.93. The van der Waals surface area contributed by atoms with Crippen LogP contribution in [0.3, 0.4) is 0 Å². The van der Waals surface area contributed by atoms with Crippen LogP contribution in [0.15, 0.2) is 12.1 Å². The molecule has 2 aromatic rings. The number of pyridine rings is 1. The number of hydrogen-bond acceptors (Lipinski definition) is 4. The van der Waals surface area contributed by atoms with Gasteiger partial charge in [-0.1, -0.05) is 6.07 Å². The van der Waals surface area contributed by atoms with Crippen LogP contribution in [-0.2, 0) is 4.74 Å². The van der Waals surface area contributed by atoms with E-state index >= 15 is 0 Å². The molecule has 0 bridgehead atoms. The Labute approximate surface area is 131 Å². The highest BCUT2D eigenvalue weighted by Gasteiger charge is 2.24. The summed E-state index contributed by atoms with van der Waals surface area (Å²) in [5, 5.41) is 8.04. The molecule has 6 heteroatoms. The number of likely N-dealkylation sites (N-methyl/N-ethyl adjacent to an activating group) is 1. The molecule has 0 atom stereocenters. The summed E-state index contributed by atoms with van der Waals surface area (Å²) in [6.45, 7) is 9.91. The second-order valence-electron chi connectivity index (χ2n) is 6.49. The third kappa shape index (κ3) is 2.76. The van der Waals surface area contributed by atoms with Crippen molar-refractivity contribution in [3.05, 3.63) is 23.4 Å². The summed E-state index contributed by atoms with van der Waals surface area (Å²) in [4.78, 5) is 0. The van der Waals surface area contributed by atoms with Gasteiger partial charge in [0.25, 0.3) is 0 Å². The zero-order valence-electron chi connectivity index (χ0n) is 13.7. The summed E-state index contributed by atoms with van der Waals surface area (Å²) in [5.41, 5.74) is 10.3. The molecular formula is C16H26N5O+. The molecule has 2 aromatic heterocycles. The number of nitrogens with one attached hydrogen (secondary N) is 1. The molecule has 1 aliphatic heterocycles. The maximum Gasteiger partial charge on any atom is 0.172 e. The fourth-order valence-corrected chi connectivity index (χ4v) is 2.93. The maximum absolute atomic E-state index is 6.24. The highest BCUT2D eigenvalue weighted by molar-refractivity contribution is 5.81. The minimum atomic E-state index is 0.729. The summed E-state index contributed by atoms with van der Waals surface area (Å²) < 4.78 is 8.41. The first-order chi connectivity index (χ1) is 10.5. The molecule has 3 N–H and O–H groups in total. The van der Waals surface area contributed by atoms with Crippen molar-refractivity contribution >= 4 is 17.0 Å². The van der Waals surface area contributed by atoms with Gasteiger partial charge in [-0.2, -0.15) is 0 Å². The molecule has 0 amide bonds. The van der Waals surface area contributed by atoms with Crippen molar-refractivity contribution in [2.75, 3.05) is 57.5 Å². The molecule has 1 fully saturated rings. The largest absolute Gasteiger partial charge is 0.394 e. The monoisotopic (exact) mass is 304 g/mol. The Morgan fingerprint density at radius 1 is 1.32 bits per heavy atom. The van der Waals surface area contributed by atoms with Crippen LogP contribution < -0.4 is 11.1 Å². The molecule has 22 heavy (non-hydrogen) atoms. The number of nitrogen functional groups attached to an aromatic ring is 1. The van der Waals surface area contributed by atoms with Gasteiger partial charge in [0, 0.05) is 5.69 Å². The number of aryl methyl sites for hydroxylation is 2. The lowest BCUT2D eigenvalue weighted by atomic mass is 10.2. The van der Waals surface area contributed by atoms with Crippen LogP contribution in [-0.4, -0.2) is 60.5 Å². The lowest BCUT2D eigenvalue weighted by Gasteiger charge is -2.37. The predicted octanol–water partition coefficient (Wildman–Crippen LogP) is 1.42. The number of aromatic nitrogens is 2. The van der Waals surface area contributed by atoms with Crippen molar-refractivity contribution in [3.8, 4) is 0 Å². The Kier molecular flexibility index (Phi) is 3.97. The van der Waals surface area contributed by atoms with Gasteiger partial charge in [-0.25, -0.2) is 4.52 Å². The van der Waals surface area contributed by atoms with E-state index < -0.39 is 0 Å². The number of hydrogen-bond donors (Lipinski definition) is 2. The van der Waals surface area contributed by atoms with E-state index in [1.54, 1.807) is 0 Å². The van der Waals surface area contributed by atoms with Crippen LogP contribution in [0.4, 0.5) is 11.5 Å². The molecule has 120 valence electrons. The predicted molar refractivity (Wildman–Crippen MR) is 89.2 cm³/mol. The summed E-state index contributed by atoms with van der Waals surface area (Å²) in [7, 11) is 2.28. The molecule has 6 nitrogen and oxygen atoms in total. The molecule has 3 heterocycles. The highest BCUT2D eigenvalue weighted by Crippen LogP contribution is 2.25. The van der Waals surface area contributed by atoms with E-state index in [0.29, 0.717) is 0 Å². The maximum atomic E-state index is 6.24. The average Bonchev–Trinajstić information content (AvgIpc) is 2.81. The summed E-state index contributed by atoms with van der Waals surface area (Å²) in [5.74, 6) is 0.786. The van der Waals surface area contributed by atoms with Gasteiger partial charge in [-0.3, -0.25) is 0 Å². The number of rotatable bonds is 4. The molecule has 3 rings (SSSR count). The van der Waals surface area contributed by atoms with E-state index in [-0.39, 0.29) is 0 Å². The van der Waals surface area contributed by atoms with Gasteiger partial charge in [0.15, 0.2) is 5.82 Å². The third-order valence-electron chi connectivity index (χ3n) is 4.83.